The van der Waals surface area contributed by atoms with Crippen LogP contribution in [0.3, 0.4) is 0 Å². The molecule has 0 radical (unpaired) electrons. The summed E-state index contributed by atoms with van der Waals surface area (Å²) >= 11 is 1.65. The van der Waals surface area contributed by atoms with Crippen molar-refractivity contribution in [2.75, 3.05) is 6.26 Å². The number of aryl methyl sites for hydroxylation is 1. The second-order valence-corrected chi connectivity index (χ2v) is 3.41. The number of rotatable bonds is 1. The lowest BCUT2D eigenvalue weighted by atomic mass is 10.5. The summed E-state index contributed by atoms with van der Waals surface area (Å²) in [6.45, 7) is 0. The summed E-state index contributed by atoms with van der Waals surface area (Å²) < 4.78 is 3.92. The highest BCUT2D eigenvalue weighted by Crippen LogP contribution is 2.09. The van der Waals surface area contributed by atoms with Gasteiger partial charge >= 0.3 is 5.65 Å². The van der Waals surface area contributed by atoms with Gasteiger partial charge in [-0.2, -0.15) is 0 Å². The maximum absolute atomic E-state index is 4.37. The zero-order valence-electron chi connectivity index (χ0n) is 7.44. The van der Waals surface area contributed by atoms with Gasteiger partial charge in [0.05, 0.1) is 7.05 Å². The standard InChI is InChI=1S/C8H10N3S.HI/c1-10-5-6-11-8(10)4-3-7(9-11)12-2;/h3-6H,1-2H3;1H/q+1;/p-1. The van der Waals surface area contributed by atoms with E-state index in [0.29, 0.717) is 0 Å². The second kappa shape index (κ2) is 4.28. The molecule has 13 heavy (non-hydrogen) atoms. The van der Waals surface area contributed by atoms with Crippen LogP contribution in [0.4, 0.5) is 0 Å². The molecule has 0 aliphatic carbocycles. The van der Waals surface area contributed by atoms with Crippen LogP contribution in [0, 0.1) is 0 Å². The number of thioether (sulfide) groups is 1. The molecule has 3 nitrogen and oxygen atoms in total. The number of fused-ring (bicyclic) bond motifs is 1. The molecule has 2 aromatic rings. The summed E-state index contributed by atoms with van der Waals surface area (Å²) in [7, 11) is 2.01. The van der Waals surface area contributed by atoms with Crippen LogP contribution >= 0.6 is 11.8 Å². The molecule has 0 bridgehead atoms. The van der Waals surface area contributed by atoms with E-state index in [-0.39, 0.29) is 24.0 Å². The highest BCUT2D eigenvalue weighted by Gasteiger charge is 2.06. The van der Waals surface area contributed by atoms with Crippen LogP contribution in [0.1, 0.15) is 0 Å². The first-order chi connectivity index (χ1) is 5.81. The second-order valence-electron chi connectivity index (χ2n) is 2.59. The largest absolute Gasteiger partial charge is 1.00 e. The summed E-state index contributed by atoms with van der Waals surface area (Å²) in [5.41, 5.74) is 1.10. The summed E-state index contributed by atoms with van der Waals surface area (Å²) in [5, 5.41) is 5.41. The van der Waals surface area contributed by atoms with Crippen LogP contribution in [-0.4, -0.2) is 15.9 Å². The van der Waals surface area contributed by atoms with Crippen molar-refractivity contribution in [1.29, 1.82) is 0 Å². The fourth-order valence-corrected chi connectivity index (χ4v) is 1.52. The van der Waals surface area contributed by atoms with Gasteiger partial charge in [0, 0.05) is 6.07 Å². The third-order valence-electron chi connectivity index (χ3n) is 1.82. The highest BCUT2D eigenvalue weighted by atomic mass is 127. The van der Waals surface area contributed by atoms with E-state index in [1.807, 2.05) is 40.8 Å². The number of imidazole rings is 1. The predicted molar refractivity (Wildman–Crippen MR) is 48.1 cm³/mol. The summed E-state index contributed by atoms with van der Waals surface area (Å²) in [5.74, 6) is 0. The molecule has 0 atom stereocenters. The lowest BCUT2D eigenvalue weighted by molar-refractivity contribution is -0.644. The Bertz CT molecular complexity index is 413. The monoisotopic (exact) mass is 307 g/mol. The molecule has 0 aromatic carbocycles. The maximum atomic E-state index is 4.37. The van der Waals surface area contributed by atoms with Gasteiger partial charge in [0.15, 0.2) is 6.20 Å². The van der Waals surface area contributed by atoms with Crippen molar-refractivity contribution in [2.45, 2.75) is 5.03 Å². The van der Waals surface area contributed by atoms with Crippen LogP contribution < -0.4 is 28.5 Å². The van der Waals surface area contributed by atoms with Gasteiger partial charge in [-0.3, -0.25) is 0 Å². The molecular formula is C8H10IN3S. The number of nitrogens with zero attached hydrogens (tertiary/aromatic N) is 3. The minimum Gasteiger partial charge on any atom is -1.00 e. The Balaban J connectivity index is 0.000000845. The van der Waals surface area contributed by atoms with Crippen LogP contribution in [0.5, 0.6) is 0 Å². The lowest BCUT2D eigenvalue weighted by Gasteiger charge is -1.90. The molecule has 2 heterocycles. The summed E-state index contributed by atoms with van der Waals surface area (Å²) in [6.07, 6.45) is 5.97. The normalized spacial score (nSPS) is 10.0. The zero-order valence-corrected chi connectivity index (χ0v) is 10.4. The summed E-state index contributed by atoms with van der Waals surface area (Å²) in [6, 6.07) is 4.10. The average molecular weight is 307 g/mol. The van der Waals surface area contributed by atoms with Crippen molar-refractivity contribution in [2.24, 2.45) is 7.05 Å². The Kier molecular flexibility index (Phi) is 3.55. The minimum atomic E-state index is 0. The molecule has 2 rings (SSSR count). The summed E-state index contributed by atoms with van der Waals surface area (Å²) in [4.78, 5) is 0. The van der Waals surface area contributed by atoms with Gasteiger partial charge in [-0.05, 0) is 12.3 Å². The number of hydrogen-bond acceptors (Lipinski definition) is 2. The van der Waals surface area contributed by atoms with Gasteiger partial charge in [-0.1, -0.05) is 5.10 Å². The van der Waals surface area contributed by atoms with Crippen LogP contribution in [0.2, 0.25) is 0 Å². The molecule has 0 aliphatic rings. The Morgan fingerprint density at radius 3 is 2.92 bits per heavy atom. The molecule has 0 saturated carbocycles. The molecule has 0 saturated heterocycles. The molecule has 0 fully saturated rings. The third-order valence-corrected chi connectivity index (χ3v) is 2.45. The van der Waals surface area contributed by atoms with Crippen LogP contribution in [0.15, 0.2) is 29.6 Å². The molecular weight excluding hydrogens is 297 g/mol. The Labute approximate surface area is 98.2 Å². The topological polar surface area (TPSA) is 21.2 Å². The Morgan fingerprint density at radius 2 is 2.23 bits per heavy atom. The van der Waals surface area contributed by atoms with Crippen molar-refractivity contribution in [3.63, 3.8) is 0 Å². The van der Waals surface area contributed by atoms with Gasteiger partial charge < -0.3 is 24.0 Å². The molecule has 0 amide bonds. The van der Waals surface area contributed by atoms with Crippen molar-refractivity contribution in [3.8, 4) is 0 Å². The van der Waals surface area contributed by atoms with Crippen molar-refractivity contribution < 1.29 is 28.5 Å². The third kappa shape index (κ3) is 1.96. The fourth-order valence-electron chi connectivity index (χ4n) is 1.15. The van der Waals surface area contributed by atoms with Crippen molar-refractivity contribution in [3.05, 3.63) is 24.5 Å². The SMILES string of the molecule is CSc1ccc2n(cc[n+]2C)n1.[I-]. The first-order valence-electron chi connectivity index (χ1n) is 3.69. The van der Waals surface area contributed by atoms with Gasteiger partial charge in [0.25, 0.3) is 0 Å². The van der Waals surface area contributed by atoms with Crippen LogP contribution in [0.25, 0.3) is 5.65 Å². The van der Waals surface area contributed by atoms with Crippen molar-refractivity contribution in [1.82, 2.24) is 9.61 Å². The molecule has 0 N–H and O–H groups in total. The molecule has 0 spiro atoms. The van der Waals surface area contributed by atoms with E-state index in [9.17, 15) is 0 Å². The molecule has 5 heteroatoms. The van der Waals surface area contributed by atoms with E-state index in [1.54, 1.807) is 11.8 Å². The van der Waals surface area contributed by atoms with Gasteiger partial charge in [-0.25, -0.2) is 4.57 Å². The Morgan fingerprint density at radius 1 is 1.46 bits per heavy atom. The average Bonchev–Trinajstić information content (AvgIpc) is 2.47. The van der Waals surface area contributed by atoms with E-state index >= 15 is 0 Å². The highest BCUT2D eigenvalue weighted by molar-refractivity contribution is 7.98. The predicted octanol–water partition coefficient (Wildman–Crippen LogP) is -2.12. The van der Waals surface area contributed by atoms with E-state index in [1.165, 1.54) is 0 Å². The first-order valence-corrected chi connectivity index (χ1v) is 4.92. The van der Waals surface area contributed by atoms with Crippen LogP contribution in [-0.2, 0) is 7.05 Å². The number of hydrogen-bond donors (Lipinski definition) is 0. The van der Waals surface area contributed by atoms with Crippen molar-refractivity contribution >= 4 is 17.4 Å². The molecule has 2 aromatic heterocycles. The smallest absolute Gasteiger partial charge is 0.306 e. The zero-order chi connectivity index (χ0) is 8.55. The number of halogens is 1. The minimum absolute atomic E-state index is 0. The quantitative estimate of drug-likeness (QED) is 0.341. The van der Waals surface area contributed by atoms with E-state index in [0.717, 1.165) is 10.7 Å². The fraction of sp³-hybridized carbons (Fsp3) is 0.250. The Hall–Kier alpha value is -0.300. The molecule has 0 unspecified atom stereocenters. The van der Waals surface area contributed by atoms with Gasteiger partial charge in [0.1, 0.15) is 11.2 Å². The number of aromatic nitrogens is 3. The van der Waals surface area contributed by atoms with E-state index < -0.39 is 0 Å². The maximum Gasteiger partial charge on any atom is 0.306 e. The first kappa shape index (κ1) is 10.8. The van der Waals surface area contributed by atoms with E-state index in [4.69, 9.17) is 0 Å². The van der Waals surface area contributed by atoms with Gasteiger partial charge in [0.2, 0.25) is 0 Å². The van der Waals surface area contributed by atoms with Gasteiger partial charge in [-0.15, -0.1) is 16.3 Å². The van der Waals surface area contributed by atoms with E-state index in [2.05, 4.69) is 11.2 Å². The molecule has 0 aliphatic heterocycles. The lowest BCUT2D eigenvalue weighted by Crippen LogP contribution is -3.00. The molecule has 70 valence electrons.